The van der Waals surface area contributed by atoms with Crippen molar-refractivity contribution in [2.24, 2.45) is 0 Å². The Bertz CT molecular complexity index is 323. The Kier molecular flexibility index (Phi) is 5.19. The molecule has 108 valence electrons. The van der Waals surface area contributed by atoms with Gasteiger partial charge in [0.2, 0.25) is 5.91 Å². The minimum absolute atomic E-state index is 0.0594. The number of nitrogens with one attached hydrogen (secondary N) is 1. The fraction of sp³-hybridized carbons (Fsp3) is 0.857. The highest BCUT2D eigenvalue weighted by atomic mass is 16.4. The molecule has 2 aliphatic rings. The van der Waals surface area contributed by atoms with Crippen molar-refractivity contribution in [3.63, 3.8) is 0 Å². The van der Waals surface area contributed by atoms with Crippen LogP contribution in [0.15, 0.2) is 0 Å². The predicted octanol–water partition coefficient (Wildman–Crippen LogP) is 1.37. The zero-order valence-electron chi connectivity index (χ0n) is 11.4. The third-order valence-corrected chi connectivity index (χ3v) is 3.99. The second-order valence-electron chi connectivity index (χ2n) is 5.65. The van der Waals surface area contributed by atoms with E-state index in [0.29, 0.717) is 25.0 Å². The van der Waals surface area contributed by atoms with Gasteiger partial charge in [0.15, 0.2) is 0 Å². The molecule has 1 amide bonds. The molecule has 0 aromatic heterocycles. The molecule has 2 fully saturated rings. The molecule has 0 spiro atoms. The van der Waals surface area contributed by atoms with E-state index in [9.17, 15) is 9.59 Å². The standard InChI is InChI=1S/C14H24N2O3/c17-13(7-4-11-3-1-2-9-15-11)16(12-5-6-12)10-8-14(18)19/h11-12,15H,1-10H2,(H,18,19). The van der Waals surface area contributed by atoms with Gasteiger partial charge in [0.05, 0.1) is 6.42 Å². The molecule has 5 nitrogen and oxygen atoms in total. The molecule has 1 heterocycles. The van der Waals surface area contributed by atoms with Gasteiger partial charge < -0.3 is 15.3 Å². The summed E-state index contributed by atoms with van der Waals surface area (Å²) in [6.07, 6.45) is 7.20. The SMILES string of the molecule is O=C(O)CCN(C(=O)CCC1CCCCN1)C1CC1. The lowest BCUT2D eigenvalue weighted by Crippen LogP contribution is -2.38. The molecule has 1 saturated heterocycles. The number of amides is 1. The highest BCUT2D eigenvalue weighted by molar-refractivity contribution is 5.77. The highest BCUT2D eigenvalue weighted by Gasteiger charge is 2.32. The van der Waals surface area contributed by atoms with Gasteiger partial charge in [-0.25, -0.2) is 0 Å². The van der Waals surface area contributed by atoms with Crippen LogP contribution in [0.25, 0.3) is 0 Å². The summed E-state index contributed by atoms with van der Waals surface area (Å²) in [5.74, 6) is -0.691. The molecule has 2 N–H and O–H groups in total. The van der Waals surface area contributed by atoms with E-state index in [1.165, 1.54) is 12.8 Å². The zero-order chi connectivity index (χ0) is 13.7. The van der Waals surface area contributed by atoms with E-state index in [4.69, 9.17) is 5.11 Å². The zero-order valence-corrected chi connectivity index (χ0v) is 11.4. The van der Waals surface area contributed by atoms with Crippen LogP contribution in [-0.2, 0) is 9.59 Å². The number of rotatable bonds is 7. The maximum Gasteiger partial charge on any atom is 0.305 e. The van der Waals surface area contributed by atoms with Crippen molar-refractivity contribution in [3.05, 3.63) is 0 Å². The molecule has 1 saturated carbocycles. The third-order valence-electron chi connectivity index (χ3n) is 3.99. The van der Waals surface area contributed by atoms with E-state index in [1.54, 1.807) is 4.90 Å². The number of aliphatic carboxylic acids is 1. The van der Waals surface area contributed by atoms with Crippen LogP contribution in [0, 0.1) is 0 Å². The molecule has 0 aromatic rings. The fourth-order valence-corrected chi connectivity index (χ4v) is 2.72. The van der Waals surface area contributed by atoms with Crippen molar-refractivity contribution in [2.75, 3.05) is 13.1 Å². The predicted molar refractivity (Wildman–Crippen MR) is 71.9 cm³/mol. The summed E-state index contributed by atoms with van der Waals surface area (Å²) >= 11 is 0. The van der Waals surface area contributed by atoms with E-state index < -0.39 is 5.97 Å². The molecule has 0 aromatic carbocycles. The van der Waals surface area contributed by atoms with Crippen molar-refractivity contribution in [3.8, 4) is 0 Å². The molecule has 1 unspecified atom stereocenters. The van der Waals surface area contributed by atoms with Crippen LogP contribution >= 0.6 is 0 Å². The lowest BCUT2D eigenvalue weighted by molar-refractivity contribution is -0.138. The minimum atomic E-state index is -0.826. The summed E-state index contributed by atoms with van der Waals surface area (Å²) in [5.41, 5.74) is 0. The van der Waals surface area contributed by atoms with Gasteiger partial charge in [0, 0.05) is 25.0 Å². The molecule has 1 aliphatic carbocycles. The molecule has 1 aliphatic heterocycles. The van der Waals surface area contributed by atoms with Crippen LogP contribution in [0.4, 0.5) is 0 Å². The maximum atomic E-state index is 12.2. The van der Waals surface area contributed by atoms with Crippen LogP contribution in [0.2, 0.25) is 0 Å². The van der Waals surface area contributed by atoms with Crippen LogP contribution in [0.3, 0.4) is 0 Å². The Morgan fingerprint density at radius 2 is 1.95 bits per heavy atom. The maximum absolute atomic E-state index is 12.2. The van der Waals surface area contributed by atoms with Gasteiger partial charge in [-0.15, -0.1) is 0 Å². The van der Waals surface area contributed by atoms with Crippen molar-refractivity contribution in [2.45, 2.75) is 63.5 Å². The molecular formula is C14H24N2O3. The molecule has 2 rings (SSSR count). The topological polar surface area (TPSA) is 69.6 Å². The quantitative estimate of drug-likeness (QED) is 0.732. The van der Waals surface area contributed by atoms with Gasteiger partial charge in [-0.2, -0.15) is 0 Å². The number of nitrogens with zero attached hydrogens (tertiary/aromatic N) is 1. The van der Waals surface area contributed by atoms with Crippen LogP contribution in [0.5, 0.6) is 0 Å². The van der Waals surface area contributed by atoms with Gasteiger partial charge in [-0.3, -0.25) is 9.59 Å². The van der Waals surface area contributed by atoms with Crippen LogP contribution in [-0.4, -0.2) is 47.1 Å². The second kappa shape index (κ2) is 6.89. The van der Waals surface area contributed by atoms with E-state index in [-0.39, 0.29) is 12.3 Å². The molecule has 5 heteroatoms. The van der Waals surface area contributed by atoms with Crippen molar-refractivity contribution in [1.82, 2.24) is 10.2 Å². The molecule has 0 radical (unpaired) electrons. The summed E-state index contributed by atoms with van der Waals surface area (Å²) < 4.78 is 0. The summed E-state index contributed by atoms with van der Waals surface area (Å²) in [7, 11) is 0. The number of piperidine rings is 1. The molecular weight excluding hydrogens is 244 g/mol. The Hall–Kier alpha value is -1.10. The Balaban J connectivity index is 1.73. The number of carbonyl (C=O) groups excluding carboxylic acids is 1. The summed E-state index contributed by atoms with van der Waals surface area (Å²) in [5, 5.41) is 12.2. The first kappa shape index (κ1) is 14.3. The van der Waals surface area contributed by atoms with Crippen molar-refractivity contribution >= 4 is 11.9 Å². The summed E-state index contributed by atoms with van der Waals surface area (Å²) in [4.78, 5) is 24.6. The van der Waals surface area contributed by atoms with Gasteiger partial charge >= 0.3 is 5.97 Å². The lowest BCUT2D eigenvalue weighted by atomic mass is 10.0. The number of carboxylic acid groups (broad SMARTS) is 1. The Morgan fingerprint density at radius 1 is 1.16 bits per heavy atom. The smallest absolute Gasteiger partial charge is 0.305 e. The molecule has 0 bridgehead atoms. The number of hydrogen-bond acceptors (Lipinski definition) is 3. The number of carboxylic acids is 1. The molecule has 1 atom stereocenters. The van der Waals surface area contributed by atoms with Crippen LogP contribution in [0.1, 0.15) is 51.4 Å². The van der Waals surface area contributed by atoms with Gasteiger partial charge in [-0.05, 0) is 38.6 Å². The van der Waals surface area contributed by atoms with Gasteiger partial charge in [0.1, 0.15) is 0 Å². The van der Waals surface area contributed by atoms with E-state index >= 15 is 0 Å². The van der Waals surface area contributed by atoms with E-state index in [2.05, 4.69) is 5.32 Å². The largest absolute Gasteiger partial charge is 0.481 e. The fourth-order valence-electron chi connectivity index (χ4n) is 2.72. The average molecular weight is 268 g/mol. The van der Waals surface area contributed by atoms with E-state index in [0.717, 1.165) is 32.2 Å². The first-order chi connectivity index (χ1) is 9.16. The summed E-state index contributed by atoms with van der Waals surface area (Å²) in [6, 6.07) is 0.782. The Morgan fingerprint density at radius 3 is 2.53 bits per heavy atom. The number of hydrogen-bond donors (Lipinski definition) is 2. The van der Waals surface area contributed by atoms with Gasteiger partial charge in [0.25, 0.3) is 0 Å². The van der Waals surface area contributed by atoms with E-state index in [1.807, 2.05) is 0 Å². The molecule has 19 heavy (non-hydrogen) atoms. The normalized spacial score (nSPS) is 23.1. The average Bonchev–Trinajstić information content (AvgIpc) is 3.22. The van der Waals surface area contributed by atoms with Gasteiger partial charge in [-0.1, -0.05) is 6.42 Å². The first-order valence-corrected chi connectivity index (χ1v) is 7.41. The third kappa shape index (κ3) is 4.82. The number of carbonyl (C=O) groups is 2. The lowest BCUT2D eigenvalue weighted by Gasteiger charge is -2.26. The van der Waals surface area contributed by atoms with Crippen LogP contribution < -0.4 is 5.32 Å². The monoisotopic (exact) mass is 268 g/mol. The summed E-state index contributed by atoms with van der Waals surface area (Å²) in [6.45, 7) is 1.43. The minimum Gasteiger partial charge on any atom is -0.481 e. The first-order valence-electron chi connectivity index (χ1n) is 7.41. The van der Waals surface area contributed by atoms with Crippen molar-refractivity contribution in [1.29, 1.82) is 0 Å². The highest BCUT2D eigenvalue weighted by Crippen LogP contribution is 2.28. The second-order valence-corrected chi connectivity index (χ2v) is 5.65. The van der Waals surface area contributed by atoms with Crippen molar-refractivity contribution < 1.29 is 14.7 Å². The Labute approximate surface area is 114 Å².